The Bertz CT molecular complexity index is 896. The van der Waals surface area contributed by atoms with Crippen molar-refractivity contribution in [3.8, 4) is 0 Å². The summed E-state index contributed by atoms with van der Waals surface area (Å²) in [7, 11) is 0. The maximum Gasteiger partial charge on any atom is 0.254 e. The Morgan fingerprint density at radius 3 is 2.67 bits per heavy atom. The molecule has 0 fully saturated rings. The molecule has 3 N–H and O–H groups in total. The van der Waals surface area contributed by atoms with Crippen molar-refractivity contribution in [2.75, 3.05) is 5.75 Å². The first-order valence-corrected chi connectivity index (χ1v) is 8.30. The number of hydrogen-bond donors (Lipinski definition) is 2. The summed E-state index contributed by atoms with van der Waals surface area (Å²) in [6.07, 6.45) is 0. The minimum atomic E-state index is -1.79. The first-order chi connectivity index (χ1) is 11.4. The van der Waals surface area contributed by atoms with E-state index in [0.29, 0.717) is 16.5 Å². The van der Waals surface area contributed by atoms with Gasteiger partial charge in [-0.05, 0) is 25.5 Å². The van der Waals surface area contributed by atoms with E-state index >= 15 is 0 Å². The molecule has 2 heterocycles. The van der Waals surface area contributed by atoms with E-state index in [-0.39, 0.29) is 5.75 Å². The third-order valence-electron chi connectivity index (χ3n) is 3.67. The number of aryl methyl sites for hydroxylation is 2. The van der Waals surface area contributed by atoms with Gasteiger partial charge >= 0.3 is 0 Å². The second kappa shape index (κ2) is 6.21. The van der Waals surface area contributed by atoms with Crippen LogP contribution in [0, 0.1) is 13.8 Å². The Kier molecular flexibility index (Phi) is 4.25. The lowest BCUT2D eigenvalue weighted by Crippen LogP contribution is -2.43. The Labute approximate surface area is 142 Å². The Balaban J connectivity index is 1.88. The number of amides is 1. The summed E-state index contributed by atoms with van der Waals surface area (Å²) in [4.78, 5) is 20.5. The van der Waals surface area contributed by atoms with Crippen LogP contribution >= 0.6 is 11.8 Å². The van der Waals surface area contributed by atoms with Gasteiger partial charge in [0.05, 0.1) is 0 Å². The number of aliphatic hydroxyl groups is 1. The van der Waals surface area contributed by atoms with Crippen LogP contribution in [-0.4, -0.2) is 36.3 Å². The van der Waals surface area contributed by atoms with Crippen LogP contribution in [0.5, 0.6) is 0 Å². The number of rotatable bonds is 5. The monoisotopic (exact) mass is 343 g/mol. The molecule has 0 unspecified atom stereocenters. The molecule has 0 bridgehead atoms. The largest absolute Gasteiger partial charge is 0.375 e. The smallest absolute Gasteiger partial charge is 0.254 e. The molecule has 1 aromatic carbocycles. The fraction of sp³-hybridized carbons (Fsp3) is 0.250. The van der Waals surface area contributed by atoms with Gasteiger partial charge in [-0.15, -0.1) is 5.10 Å². The van der Waals surface area contributed by atoms with Gasteiger partial charge in [-0.2, -0.15) is 4.98 Å². The van der Waals surface area contributed by atoms with E-state index in [1.807, 2.05) is 19.9 Å². The van der Waals surface area contributed by atoms with Gasteiger partial charge in [0, 0.05) is 17.1 Å². The van der Waals surface area contributed by atoms with Crippen molar-refractivity contribution in [3.63, 3.8) is 0 Å². The third kappa shape index (κ3) is 2.98. The van der Waals surface area contributed by atoms with Gasteiger partial charge in [0.1, 0.15) is 0 Å². The van der Waals surface area contributed by atoms with Crippen molar-refractivity contribution in [2.24, 2.45) is 5.73 Å². The quantitative estimate of drug-likeness (QED) is 0.674. The van der Waals surface area contributed by atoms with Crippen molar-refractivity contribution in [2.45, 2.75) is 24.6 Å². The molecule has 2 aromatic heterocycles. The lowest BCUT2D eigenvalue weighted by Gasteiger charge is -2.24. The minimum absolute atomic E-state index is 0.0151. The fourth-order valence-corrected chi connectivity index (χ4v) is 3.32. The summed E-state index contributed by atoms with van der Waals surface area (Å²) in [5.41, 5.74) is 5.84. The number of hydrogen-bond acceptors (Lipinski definition) is 6. The van der Waals surface area contributed by atoms with Crippen LogP contribution in [0.1, 0.15) is 17.0 Å². The molecule has 1 atom stereocenters. The van der Waals surface area contributed by atoms with Crippen molar-refractivity contribution >= 4 is 23.4 Å². The van der Waals surface area contributed by atoms with Gasteiger partial charge < -0.3 is 10.8 Å². The number of thioether (sulfide) groups is 1. The lowest BCUT2D eigenvalue weighted by atomic mass is 9.95. The molecule has 0 radical (unpaired) electrons. The van der Waals surface area contributed by atoms with E-state index in [4.69, 9.17) is 5.73 Å². The van der Waals surface area contributed by atoms with Crippen molar-refractivity contribution in [1.82, 2.24) is 19.6 Å². The van der Waals surface area contributed by atoms with E-state index in [9.17, 15) is 9.90 Å². The molecule has 7 nitrogen and oxygen atoms in total. The molecule has 0 aliphatic carbocycles. The number of nitrogens with two attached hydrogens (primary N) is 1. The number of aromatic nitrogens is 4. The topological polar surface area (TPSA) is 106 Å². The number of benzene rings is 1. The molecule has 8 heteroatoms. The van der Waals surface area contributed by atoms with Crippen LogP contribution in [-0.2, 0) is 10.4 Å². The molecular weight excluding hydrogens is 326 g/mol. The summed E-state index contributed by atoms with van der Waals surface area (Å²) >= 11 is 1.16. The van der Waals surface area contributed by atoms with Gasteiger partial charge in [0.2, 0.25) is 5.16 Å². The maximum atomic E-state index is 11.8. The van der Waals surface area contributed by atoms with Crippen molar-refractivity contribution < 1.29 is 9.90 Å². The number of carbonyl (C=O) groups excluding carboxylic acids is 1. The first-order valence-electron chi connectivity index (χ1n) is 7.32. The Morgan fingerprint density at radius 2 is 2.00 bits per heavy atom. The second-order valence-corrected chi connectivity index (χ2v) is 6.47. The SMILES string of the molecule is Cc1cc(C)n2nc(SC[C@@](O)(C(N)=O)c3ccccc3)nc2n1. The zero-order valence-electron chi connectivity index (χ0n) is 13.3. The van der Waals surface area contributed by atoms with E-state index in [0.717, 1.165) is 23.1 Å². The fourth-order valence-electron chi connectivity index (χ4n) is 2.39. The predicted molar refractivity (Wildman–Crippen MR) is 90.5 cm³/mol. The van der Waals surface area contributed by atoms with Crippen molar-refractivity contribution in [1.29, 1.82) is 0 Å². The highest BCUT2D eigenvalue weighted by Crippen LogP contribution is 2.28. The van der Waals surface area contributed by atoms with Gasteiger partial charge in [0.15, 0.2) is 5.60 Å². The molecule has 124 valence electrons. The summed E-state index contributed by atoms with van der Waals surface area (Å²) in [5.74, 6) is -0.311. The van der Waals surface area contributed by atoms with E-state index < -0.39 is 11.5 Å². The highest BCUT2D eigenvalue weighted by molar-refractivity contribution is 7.99. The van der Waals surface area contributed by atoms with Crippen LogP contribution in [0.4, 0.5) is 0 Å². The van der Waals surface area contributed by atoms with Gasteiger partial charge in [0.25, 0.3) is 11.7 Å². The van der Waals surface area contributed by atoms with Crippen LogP contribution in [0.25, 0.3) is 5.78 Å². The van der Waals surface area contributed by atoms with Gasteiger partial charge in [-0.1, -0.05) is 42.1 Å². The number of carbonyl (C=O) groups is 1. The molecule has 0 saturated carbocycles. The molecule has 1 amide bonds. The Hall–Kier alpha value is -2.45. The van der Waals surface area contributed by atoms with Gasteiger partial charge in [-0.3, -0.25) is 4.79 Å². The van der Waals surface area contributed by atoms with E-state index in [1.165, 1.54) is 0 Å². The van der Waals surface area contributed by atoms with Crippen molar-refractivity contribution in [3.05, 3.63) is 53.3 Å². The average molecular weight is 343 g/mol. The molecule has 0 aliphatic heterocycles. The number of fused-ring (bicyclic) bond motifs is 1. The zero-order chi connectivity index (χ0) is 17.3. The number of primary amides is 1. The highest BCUT2D eigenvalue weighted by Gasteiger charge is 2.36. The zero-order valence-corrected chi connectivity index (χ0v) is 14.1. The first kappa shape index (κ1) is 16.4. The van der Waals surface area contributed by atoms with Crippen LogP contribution in [0.15, 0.2) is 41.6 Å². The summed E-state index contributed by atoms with van der Waals surface area (Å²) < 4.78 is 1.63. The normalized spacial score (nSPS) is 13.8. The molecule has 0 saturated heterocycles. The molecule has 3 aromatic rings. The Morgan fingerprint density at radius 1 is 1.29 bits per heavy atom. The molecule has 0 aliphatic rings. The molecule has 0 spiro atoms. The van der Waals surface area contributed by atoms with Crippen LogP contribution < -0.4 is 5.73 Å². The standard InChI is InChI=1S/C16H17N5O2S/c1-10-8-11(2)21-14(18-10)19-15(20-21)24-9-16(23,13(17)22)12-6-4-3-5-7-12/h3-8,23H,9H2,1-2H3,(H2,17,22)/t16-/m0/s1. The molecule has 3 rings (SSSR count). The summed E-state index contributed by atoms with van der Waals surface area (Å²) in [6, 6.07) is 10.5. The van der Waals surface area contributed by atoms with E-state index in [1.54, 1.807) is 34.8 Å². The average Bonchev–Trinajstić information content (AvgIpc) is 2.96. The van der Waals surface area contributed by atoms with Crippen LogP contribution in [0.3, 0.4) is 0 Å². The maximum absolute atomic E-state index is 11.8. The van der Waals surface area contributed by atoms with Gasteiger partial charge in [-0.25, -0.2) is 9.50 Å². The van der Waals surface area contributed by atoms with E-state index in [2.05, 4.69) is 15.1 Å². The van der Waals surface area contributed by atoms with Crippen LogP contribution in [0.2, 0.25) is 0 Å². The minimum Gasteiger partial charge on any atom is -0.375 e. The third-order valence-corrected chi connectivity index (χ3v) is 4.66. The summed E-state index contributed by atoms with van der Waals surface area (Å²) in [5, 5.41) is 15.5. The second-order valence-electron chi connectivity index (χ2n) is 5.52. The predicted octanol–water partition coefficient (Wildman–Crippen LogP) is 1.21. The summed E-state index contributed by atoms with van der Waals surface area (Å²) in [6.45, 7) is 3.80. The number of nitrogens with zero attached hydrogens (tertiary/aromatic N) is 4. The lowest BCUT2D eigenvalue weighted by molar-refractivity contribution is -0.134. The molecular formula is C16H17N5O2S. The molecule has 24 heavy (non-hydrogen) atoms. The highest BCUT2D eigenvalue weighted by atomic mass is 32.2.